The number of amides is 1. The molecule has 2 fully saturated rings. The molecule has 1 amide bonds. The van der Waals surface area contributed by atoms with Gasteiger partial charge in [-0.3, -0.25) is 4.79 Å². The van der Waals surface area contributed by atoms with Crippen molar-refractivity contribution in [3.63, 3.8) is 0 Å². The van der Waals surface area contributed by atoms with Crippen LogP contribution in [0.25, 0.3) is 0 Å². The minimum Gasteiger partial charge on any atom is -0.354 e. The molecule has 0 unspecified atom stereocenters. The average molecular weight is 284 g/mol. The summed E-state index contributed by atoms with van der Waals surface area (Å²) < 4.78 is 0. The topological polar surface area (TPSA) is 41.1 Å². The highest BCUT2D eigenvalue weighted by Gasteiger charge is 2.28. The molecule has 0 radical (unpaired) electrons. The molecule has 4 heteroatoms. The molecule has 0 heterocycles. The average Bonchev–Trinajstić information content (AvgIpc) is 2.79. The predicted molar refractivity (Wildman–Crippen MR) is 82.6 cm³/mol. The van der Waals surface area contributed by atoms with Gasteiger partial charge in [0.15, 0.2) is 0 Å². The molecule has 3 nitrogen and oxygen atoms in total. The van der Waals surface area contributed by atoms with Crippen molar-refractivity contribution >= 4 is 17.7 Å². The van der Waals surface area contributed by atoms with Gasteiger partial charge in [0.1, 0.15) is 0 Å². The smallest absolute Gasteiger partial charge is 0.217 e. The number of carbonyl (C=O) groups excluding carboxylic acids is 1. The van der Waals surface area contributed by atoms with Gasteiger partial charge in [-0.1, -0.05) is 6.92 Å². The van der Waals surface area contributed by atoms with Gasteiger partial charge in [-0.15, -0.1) is 0 Å². The summed E-state index contributed by atoms with van der Waals surface area (Å²) in [6.07, 6.45) is 8.79. The van der Waals surface area contributed by atoms with Crippen molar-refractivity contribution in [2.24, 2.45) is 0 Å². The summed E-state index contributed by atoms with van der Waals surface area (Å²) in [4.78, 5) is 11.0. The summed E-state index contributed by atoms with van der Waals surface area (Å²) in [5.74, 6) is 1.37. The first-order valence-electron chi connectivity index (χ1n) is 7.82. The molecule has 0 aromatic heterocycles. The van der Waals surface area contributed by atoms with Gasteiger partial charge in [0.05, 0.1) is 0 Å². The molecule has 19 heavy (non-hydrogen) atoms. The van der Waals surface area contributed by atoms with Gasteiger partial charge in [0.25, 0.3) is 0 Å². The maximum Gasteiger partial charge on any atom is 0.217 e. The fourth-order valence-electron chi connectivity index (χ4n) is 3.50. The van der Waals surface area contributed by atoms with E-state index < -0.39 is 0 Å². The molecule has 2 N–H and O–H groups in total. The number of nitrogens with one attached hydrogen (secondary N) is 2. The van der Waals surface area contributed by atoms with Crippen LogP contribution in [0, 0.1) is 0 Å². The molecule has 0 bridgehead atoms. The van der Waals surface area contributed by atoms with Crippen LogP contribution in [0.2, 0.25) is 0 Å². The highest BCUT2D eigenvalue weighted by atomic mass is 32.2. The van der Waals surface area contributed by atoms with Crippen molar-refractivity contribution in [3.8, 4) is 0 Å². The second-order valence-electron chi connectivity index (χ2n) is 6.00. The van der Waals surface area contributed by atoms with Gasteiger partial charge in [0, 0.05) is 30.3 Å². The Bertz CT molecular complexity index is 290. The minimum atomic E-state index is 0.117. The van der Waals surface area contributed by atoms with Crippen LogP contribution in [-0.2, 0) is 4.79 Å². The van der Waals surface area contributed by atoms with Crippen LogP contribution in [0.15, 0.2) is 0 Å². The Kier molecular flexibility index (Phi) is 6.02. The standard InChI is InChI=1S/C15H28N2OS/c1-3-19-15-9-8-14(10-15)17-13-6-4-12(5-7-13)16-11(2)18/h12-15,17H,3-10H2,1-2H3,(H,16,18)/t12?,13?,14-,15-/m1/s1. The number of hydrogen-bond donors (Lipinski definition) is 2. The number of rotatable bonds is 5. The Morgan fingerprint density at radius 2 is 1.68 bits per heavy atom. The molecule has 0 saturated heterocycles. The second kappa shape index (κ2) is 7.53. The number of thioether (sulfide) groups is 1. The summed E-state index contributed by atoms with van der Waals surface area (Å²) in [7, 11) is 0. The first kappa shape index (κ1) is 15.2. The van der Waals surface area contributed by atoms with E-state index in [1.165, 1.54) is 37.9 Å². The van der Waals surface area contributed by atoms with E-state index in [0.717, 1.165) is 24.1 Å². The van der Waals surface area contributed by atoms with Gasteiger partial charge >= 0.3 is 0 Å². The lowest BCUT2D eigenvalue weighted by Crippen LogP contribution is -2.44. The van der Waals surface area contributed by atoms with Crippen LogP contribution in [-0.4, -0.2) is 35.0 Å². The highest BCUT2D eigenvalue weighted by Crippen LogP contribution is 2.31. The SMILES string of the molecule is CCS[C@@H]1CC[C@@H](NC2CCC(NC(C)=O)CC2)C1. The molecule has 2 aliphatic rings. The van der Waals surface area contributed by atoms with E-state index in [9.17, 15) is 4.79 Å². The predicted octanol–water partition coefficient (Wildman–Crippen LogP) is 2.70. The van der Waals surface area contributed by atoms with Crippen molar-refractivity contribution in [2.75, 3.05) is 5.75 Å². The molecule has 0 aromatic rings. The normalized spacial score (nSPS) is 35.3. The minimum absolute atomic E-state index is 0.117. The van der Waals surface area contributed by atoms with E-state index in [-0.39, 0.29) is 5.91 Å². The van der Waals surface area contributed by atoms with Gasteiger partial charge < -0.3 is 10.6 Å². The quantitative estimate of drug-likeness (QED) is 0.815. The number of hydrogen-bond acceptors (Lipinski definition) is 3. The first-order chi connectivity index (χ1) is 9.17. The van der Waals surface area contributed by atoms with E-state index in [0.29, 0.717) is 12.1 Å². The van der Waals surface area contributed by atoms with E-state index in [2.05, 4.69) is 29.3 Å². The lowest BCUT2D eigenvalue weighted by atomic mass is 9.90. The maximum absolute atomic E-state index is 11.0. The zero-order chi connectivity index (χ0) is 13.7. The fourth-order valence-corrected chi connectivity index (χ4v) is 4.65. The fraction of sp³-hybridized carbons (Fsp3) is 0.933. The Hall–Kier alpha value is -0.220. The summed E-state index contributed by atoms with van der Waals surface area (Å²) in [6, 6.07) is 1.84. The van der Waals surface area contributed by atoms with E-state index >= 15 is 0 Å². The lowest BCUT2D eigenvalue weighted by Gasteiger charge is -2.31. The van der Waals surface area contributed by atoms with Gasteiger partial charge in [-0.05, 0) is 50.7 Å². The third-order valence-electron chi connectivity index (χ3n) is 4.39. The summed E-state index contributed by atoms with van der Waals surface area (Å²) in [5.41, 5.74) is 0. The van der Waals surface area contributed by atoms with Gasteiger partial charge in [-0.25, -0.2) is 0 Å². The molecular weight excluding hydrogens is 256 g/mol. The zero-order valence-corrected chi connectivity index (χ0v) is 13.1. The molecule has 110 valence electrons. The van der Waals surface area contributed by atoms with E-state index in [4.69, 9.17) is 0 Å². The molecule has 2 aliphatic carbocycles. The molecule has 2 saturated carbocycles. The third-order valence-corrected chi connectivity index (χ3v) is 5.63. The summed E-state index contributed by atoms with van der Waals surface area (Å²) in [5, 5.41) is 7.79. The highest BCUT2D eigenvalue weighted by molar-refractivity contribution is 7.99. The van der Waals surface area contributed by atoms with Crippen molar-refractivity contribution in [2.45, 2.75) is 82.2 Å². The Labute approximate surface area is 121 Å². The van der Waals surface area contributed by atoms with E-state index in [1.54, 1.807) is 6.92 Å². The zero-order valence-electron chi connectivity index (χ0n) is 12.3. The molecule has 0 spiro atoms. The molecule has 2 rings (SSSR count). The molecule has 0 aromatic carbocycles. The molecular formula is C15H28N2OS. The van der Waals surface area contributed by atoms with Crippen LogP contribution < -0.4 is 10.6 Å². The first-order valence-corrected chi connectivity index (χ1v) is 8.87. The Morgan fingerprint density at radius 3 is 2.32 bits per heavy atom. The van der Waals surface area contributed by atoms with Gasteiger partial charge in [0.2, 0.25) is 5.91 Å². The van der Waals surface area contributed by atoms with Crippen molar-refractivity contribution in [3.05, 3.63) is 0 Å². The monoisotopic (exact) mass is 284 g/mol. The Morgan fingerprint density at radius 1 is 1.05 bits per heavy atom. The summed E-state index contributed by atoms with van der Waals surface area (Å²) in [6.45, 7) is 3.88. The molecule has 0 aliphatic heterocycles. The third kappa shape index (κ3) is 4.99. The van der Waals surface area contributed by atoms with E-state index in [1.807, 2.05) is 0 Å². The van der Waals surface area contributed by atoms with Crippen molar-refractivity contribution < 1.29 is 4.79 Å². The maximum atomic E-state index is 11.0. The summed E-state index contributed by atoms with van der Waals surface area (Å²) >= 11 is 2.12. The second-order valence-corrected chi connectivity index (χ2v) is 7.58. The Balaban J connectivity index is 1.64. The number of carbonyl (C=O) groups is 1. The largest absolute Gasteiger partial charge is 0.354 e. The van der Waals surface area contributed by atoms with Crippen LogP contribution >= 0.6 is 11.8 Å². The lowest BCUT2D eigenvalue weighted by molar-refractivity contribution is -0.119. The van der Waals surface area contributed by atoms with Crippen LogP contribution in [0.4, 0.5) is 0 Å². The van der Waals surface area contributed by atoms with Crippen LogP contribution in [0.5, 0.6) is 0 Å². The van der Waals surface area contributed by atoms with Crippen molar-refractivity contribution in [1.29, 1.82) is 0 Å². The van der Waals surface area contributed by atoms with Crippen LogP contribution in [0.1, 0.15) is 58.8 Å². The molecule has 2 atom stereocenters. The van der Waals surface area contributed by atoms with Crippen molar-refractivity contribution in [1.82, 2.24) is 10.6 Å². The van der Waals surface area contributed by atoms with Gasteiger partial charge in [-0.2, -0.15) is 11.8 Å². The van der Waals surface area contributed by atoms with Crippen LogP contribution in [0.3, 0.4) is 0 Å².